The predicted octanol–water partition coefficient (Wildman–Crippen LogP) is 2.02. The minimum Gasteiger partial charge on any atom is -0.493 e. The molecule has 1 heterocycles. The Bertz CT molecular complexity index is 322. The number of aryl methyl sites for hydroxylation is 1. The molecule has 0 aliphatic carbocycles. The zero-order chi connectivity index (χ0) is 9.42. The van der Waals surface area contributed by atoms with Gasteiger partial charge in [0.25, 0.3) is 0 Å². The molecule has 1 aromatic rings. The van der Waals surface area contributed by atoms with E-state index in [1.54, 1.807) is 0 Å². The molecule has 2 heteroatoms. The van der Waals surface area contributed by atoms with E-state index in [1.807, 2.05) is 6.07 Å². The quantitative estimate of drug-likeness (QED) is 0.658. The molecule has 0 amide bonds. The molecule has 0 fully saturated rings. The summed E-state index contributed by atoms with van der Waals surface area (Å²) in [6.45, 7) is 4.91. The molecule has 2 N–H and O–H groups in total. The van der Waals surface area contributed by atoms with Gasteiger partial charge >= 0.3 is 0 Å². The highest BCUT2D eigenvalue weighted by Gasteiger charge is 2.25. The molecular weight excluding hydrogens is 162 g/mol. The summed E-state index contributed by atoms with van der Waals surface area (Å²) in [5.41, 5.74) is 8.41. The fourth-order valence-corrected chi connectivity index (χ4v) is 1.76. The molecule has 13 heavy (non-hydrogen) atoms. The minimum absolute atomic E-state index is 0.128. The first kappa shape index (κ1) is 8.57. The first-order valence-electron chi connectivity index (χ1n) is 4.68. The first-order valence-corrected chi connectivity index (χ1v) is 4.68. The Morgan fingerprint density at radius 3 is 3.00 bits per heavy atom. The van der Waals surface area contributed by atoms with Gasteiger partial charge in [-0.1, -0.05) is 25.1 Å². The molecule has 2 nitrogen and oxygen atoms in total. The van der Waals surface area contributed by atoms with Crippen LogP contribution in [0.4, 0.5) is 0 Å². The number of para-hydroxylation sites is 1. The Morgan fingerprint density at radius 2 is 2.23 bits per heavy atom. The van der Waals surface area contributed by atoms with E-state index in [-0.39, 0.29) is 6.04 Å². The molecule has 1 aliphatic heterocycles. The monoisotopic (exact) mass is 177 g/mol. The fourth-order valence-electron chi connectivity index (χ4n) is 1.76. The van der Waals surface area contributed by atoms with E-state index in [0.717, 1.165) is 17.9 Å². The van der Waals surface area contributed by atoms with Gasteiger partial charge in [0.05, 0.1) is 6.61 Å². The van der Waals surface area contributed by atoms with Crippen LogP contribution in [0.3, 0.4) is 0 Å². The molecule has 70 valence electrons. The van der Waals surface area contributed by atoms with E-state index in [9.17, 15) is 0 Å². The Labute approximate surface area is 78.7 Å². The van der Waals surface area contributed by atoms with Crippen molar-refractivity contribution in [3.63, 3.8) is 0 Å². The van der Waals surface area contributed by atoms with E-state index in [4.69, 9.17) is 10.5 Å². The van der Waals surface area contributed by atoms with Crippen molar-refractivity contribution < 1.29 is 4.74 Å². The van der Waals surface area contributed by atoms with Crippen molar-refractivity contribution in [2.75, 3.05) is 6.61 Å². The molecule has 0 spiro atoms. The summed E-state index contributed by atoms with van der Waals surface area (Å²) >= 11 is 0. The van der Waals surface area contributed by atoms with E-state index in [2.05, 4.69) is 26.0 Å². The van der Waals surface area contributed by atoms with Crippen molar-refractivity contribution in [3.05, 3.63) is 29.3 Å². The number of nitrogens with two attached hydrogens (primary N) is 1. The van der Waals surface area contributed by atoms with Crippen LogP contribution in [0.5, 0.6) is 5.75 Å². The fraction of sp³-hybridized carbons (Fsp3) is 0.455. The zero-order valence-electron chi connectivity index (χ0n) is 8.08. The SMILES string of the molecule is Cc1cccc2c1OCC(C)C2N. The highest BCUT2D eigenvalue weighted by atomic mass is 16.5. The number of hydrogen-bond acceptors (Lipinski definition) is 2. The maximum Gasteiger partial charge on any atom is 0.126 e. The smallest absolute Gasteiger partial charge is 0.126 e. The number of ether oxygens (including phenoxy) is 1. The van der Waals surface area contributed by atoms with Gasteiger partial charge in [0.2, 0.25) is 0 Å². The number of benzene rings is 1. The van der Waals surface area contributed by atoms with Gasteiger partial charge in [0.15, 0.2) is 0 Å². The molecule has 2 rings (SSSR count). The maximum atomic E-state index is 6.08. The van der Waals surface area contributed by atoms with E-state index in [0.29, 0.717) is 5.92 Å². The third-order valence-corrected chi connectivity index (χ3v) is 2.71. The highest BCUT2D eigenvalue weighted by Crippen LogP contribution is 2.35. The summed E-state index contributed by atoms with van der Waals surface area (Å²) in [5, 5.41) is 0. The maximum absolute atomic E-state index is 6.08. The van der Waals surface area contributed by atoms with Crippen LogP contribution in [0, 0.1) is 12.8 Å². The van der Waals surface area contributed by atoms with Crippen molar-refractivity contribution in [2.45, 2.75) is 19.9 Å². The van der Waals surface area contributed by atoms with E-state index < -0.39 is 0 Å². The molecule has 0 bridgehead atoms. The van der Waals surface area contributed by atoms with Gasteiger partial charge in [-0.2, -0.15) is 0 Å². The summed E-state index contributed by atoms with van der Waals surface area (Å²) in [6.07, 6.45) is 0. The zero-order valence-corrected chi connectivity index (χ0v) is 8.08. The highest BCUT2D eigenvalue weighted by molar-refractivity contribution is 5.43. The normalized spacial score (nSPS) is 26.4. The molecule has 0 radical (unpaired) electrons. The Kier molecular flexibility index (Phi) is 2.00. The number of hydrogen-bond donors (Lipinski definition) is 1. The Balaban J connectivity index is 2.49. The summed E-state index contributed by atoms with van der Waals surface area (Å²) in [4.78, 5) is 0. The van der Waals surface area contributed by atoms with Crippen LogP contribution in [-0.4, -0.2) is 6.61 Å². The molecular formula is C11H15NO. The lowest BCUT2D eigenvalue weighted by Crippen LogP contribution is -2.29. The topological polar surface area (TPSA) is 35.2 Å². The Morgan fingerprint density at radius 1 is 1.46 bits per heavy atom. The number of rotatable bonds is 0. The summed E-state index contributed by atoms with van der Waals surface area (Å²) in [7, 11) is 0. The van der Waals surface area contributed by atoms with Crippen molar-refractivity contribution in [3.8, 4) is 5.75 Å². The van der Waals surface area contributed by atoms with E-state index in [1.165, 1.54) is 5.56 Å². The second-order valence-electron chi connectivity index (χ2n) is 3.81. The van der Waals surface area contributed by atoms with Crippen LogP contribution >= 0.6 is 0 Å². The third-order valence-electron chi connectivity index (χ3n) is 2.71. The summed E-state index contributed by atoms with van der Waals surface area (Å²) in [6, 6.07) is 6.28. The van der Waals surface area contributed by atoms with Crippen LogP contribution in [0.15, 0.2) is 18.2 Å². The molecule has 0 aromatic heterocycles. The predicted molar refractivity (Wildman–Crippen MR) is 52.8 cm³/mol. The van der Waals surface area contributed by atoms with Crippen LogP contribution in [0.25, 0.3) is 0 Å². The van der Waals surface area contributed by atoms with Crippen LogP contribution < -0.4 is 10.5 Å². The van der Waals surface area contributed by atoms with Gasteiger partial charge in [-0.25, -0.2) is 0 Å². The third kappa shape index (κ3) is 1.31. The van der Waals surface area contributed by atoms with Crippen LogP contribution in [0.2, 0.25) is 0 Å². The lowest BCUT2D eigenvalue weighted by molar-refractivity contribution is 0.206. The average Bonchev–Trinajstić information content (AvgIpc) is 2.12. The lowest BCUT2D eigenvalue weighted by Gasteiger charge is -2.29. The van der Waals surface area contributed by atoms with Gasteiger partial charge < -0.3 is 10.5 Å². The van der Waals surface area contributed by atoms with Gasteiger partial charge in [0, 0.05) is 17.5 Å². The lowest BCUT2D eigenvalue weighted by atomic mass is 9.91. The number of fused-ring (bicyclic) bond motifs is 1. The largest absolute Gasteiger partial charge is 0.493 e. The average molecular weight is 177 g/mol. The van der Waals surface area contributed by atoms with Crippen molar-refractivity contribution in [1.82, 2.24) is 0 Å². The van der Waals surface area contributed by atoms with Gasteiger partial charge in [-0.05, 0) is 12.5 Å². The van der Waals surface area contributed by atoms with Crippen LogP contribution in [0.1, 0.15) is 24.1 Å². The Hall–Kier alpha value is -1.02. The summed E-state index contributed by atoms with van der Waals surface area (Å²) < 4.78 is 5.66. The van der Waals surface area contributed by atoms with Crippen molar-refractivity contribution in [1.29, 1.82) is 0 Å². The van der Waals surface area contributed by atoms with Gasteiger partial charge in [-0.15, -0.1) is 0 Å². The molecule has 1 aliphatic rings. The minimum atomic E-state index is 0.128. The first-order chi connectivity index (χ1) is 6.20. The second-order valence-corrected chi connectivity index (χ2v) is 3.81. The van der Waals surface area contributed by atoms with Crippen molar-refractivity contribution >= 4 is 0 Å². The van der Waals surface area contributed by atoms with Crippen LogP contribution in [-0.2, 0) is 0 Å². The molecule has 2 atom stereocenters. The molecule has 0 saturated heterocycles. The van der Waals surface area contributed by atoms with Gasteiger partial charge in [0.1, 0.15) is 5.75 Å². The van der Waals surface area contributed by atoms with Gasteiger partial charge in [-0.3, -0.25) is 0 Å². The standard InChI is InChI=1S/C11H15NO/c1-7-4-3-5-9-10(12)8(2)6-13-11(7)9/h3-5,8,10H,6,12H2,1-2H3. The molecule has 0 saturated carbocycles. The second kappa shape index (κ2) is 3.04. The van der Waals surface area contributed by atoms with E-state index >= 15 is 0 Å². The summed E-state index contributed by atoms with van der Waals surface area (Å²) in [5.74, 6) is 1.40. The molecule has 1 aromatic carbocycles. The van der Waals surface area contributed by atoms with Crippen molar-refractivity contribution in [2.24, 2.45) is 11.7 Å². The molecule has 2 unspecified atom stereocenters.